The minimum atomic E-state index is -0.146. The fourth-order valence-corrected chi connectivity index (χ4v) is 7.64. The molecule has 7 aromatic rings. The smallest absolute Gasteiger partial charge is 0.246 e. The van der Waals surface area contributed by atoms with Crippen molar-refractivity contribution >= 4 is 40.2 Å². The van der Waals surface area contributed by atoms with E-state index in [1.165, 1.54) is 44.6 Å². The zero-order valence-electron chi connectivity index (χ0n) is 26.4. The molecule has 0 saturated heterocycles. The molecule has 0 saturated carbocycles. The Morgan fingerprint density at radius 3 is 1.77 bits per heavy atom. The van der Waals surface area contributed by atoms with Crippen molar-refractivity contribution in [2.24, 2.45) is 0 Å². The Morgan fingerprint density at radius 2 is 1.09 bits per heavy atom. The monoisotopic (exact) mass is 601 g/mol. The summed E-state index contributed by atoms with van der Waals surface area (Å²) < 4.78 is 0. The summed E-state index contributed by atoms with van der Waals surface area (Å²) in [4.78, 5) is 12.9. The van der Waals surface area contributed by atoms with Crippen molar-refractivity contribution in [3.63, 3.8) is 0 Å². The number of fused-ring (bicyclic) bond motifs is 4. The van der Waals surface area contributed by atoms with Crippen molar-refractivity contribution in [3.05, 3.63) is 169 Å². The molecule has 0 unspecified atom stereocenters. The summed E-state index contributed by atoms with van der Waals surface area (Å²) in [5.74, 6) is 0.717. The Balaban J connectivity index is 1.31. The summed E-state index contributed by atoms with van der Waals surface area (Å²) in [6.45, 7) is 4.82. The molecule has 3 nitrogen and oxygen atoms in total. The van der Waals surface area contributed by atoms with Crippen LogP contribution in [-0.4, -0.2) is 16.7 Å². The van der Waals surface area contributed by atoms with Crippen LogP contribution in [0.5, 0.6) is 0 Å². The molecule has 0 aliphatic carbocycles. The van der Waals surface area contributed by atoms with Gasteiger partial charge < -0.3 is 4.90 Å². The second kappa shape index (κ2) is 10.7. The van der Waals surface area contributed by atoms with E-state index in [1.807, 2.05) is 12.1 Å². The van der Waals surface area contributed by atoms with Gasteiger partial charge in [0.15, 0.2) is 5.82 Å². The zero-order chi connectivity index (χ0) is 31.5. The number of hydrogen-bond acceptors (Lipinski definition) is 3. The number of hydrogen-bond donors (Lipinski definition) is 0. The van der Waals surface area contributed by atoms with E-state index in [0.717, 1.165) is 28.1 Å². The first kappa shape index (κ1) is 27.6. The minimum absolute atomic E-state index is 0.101. The average molecular weight is 602 g/mol. The number of rotatable bonds is 4. The van der Waals surface area contributed by atoms with Gasteiger partial charge >= 0.3 is 0 Å². The molecule has 0 N–H and O–H groups in total. The highest BCUT2D eigenvalue weighted by molar-refractivity contribution is 6.98. The summed E-state index contributed by atoms with van der Waals surface area (Å²) in [6.07, 6.45) is 0. The highest BCUT2D eigenvalue weighted by atomic mass is 15.2. The van der Waals surface area contributed by atoms with Gasteiger partial charge in [0, 0.05) is 33.5 Å². The topological polar surface area (TPSA) is 29.0 Å². The second-order valence-corrected chi connectivity index (χ2v) is 13.0. The molecule has 3 heterocycles. The maximum Gasteiger partial charge on any atom is 0.246 e. The molecule has 47 heavy (non-hydrogen) atoms. The molecule has 2 aliphatic rings. The minimum Gasteiger partial charge on any atom is -0.311 e. The SMILES string of the molecule is CC1(C)c2ccccc2N2c3cc(-c4nc(-c5ccccc5)cc(-c5ccccc5)n4)ccc3B(c3ccccc3)c3cccc1c32. The summed E-state index contributed by atoms with van der Waals surface area (Å²) in [6, 6.07) is 56.4. The molecule has 0 fully saturated rings. The van der Waals surface area contributed by atoms with Crippen molar-refractivity contribution in [1.29, 1.82) is 0 Å². The molecule has 4 heteroatoms. The predicted octanol–water partition coefficient (Wildman–Crippen LogP) is 8.42. The summed E-state index contributed by atoms with van der Waals surface area (Å²) in [5.41, 5.74) is 15.1. The lowest BCUT2D eigenvalue weighted by Crippen LogP contribution is -2.58. The van der Waals surface area contributed by atoms with E-state index in [9.17, 15) is 0 Å². The fourth-order valence-electron chi connectivity index (χ4n) is 7.64. The van der Waals surface area contributed by atoms with Gasteiger partial charge in [-0.25, -0.2) is 9.97 Å². The van der Waals surface area contributed by atoms with E-state index < -0.39 is 0 Å². The number of anilines is 3. The third kappa shape index (κ3) is 4.36. The van der Waals surface area contributed by atoms with Gasteiger partial charge in [-0.3, -0.25) is 0 Å². The first-order chi connectivity index (χ1) is 23.1. The van der Waals surface area contributed by atoms with Crippen LogP contribution in [0, 0.1) is 0 Å². The highest BCUT2D eigenvalue weighted by Crippen LogP contribution is 2.52. The number of aromatic nitrogens is 2. The third-order valence-corrected chi connectivity index (χ3v) is 9.93. The molecule has 2 aliphatic heterocycles. The van der Waals surface area contributed by atoms with E-state index in [-0.39, 0.29) is 12.1 Å². The van der Waals surface area contributed by atoms with Crippen LogP contribution in [0.15, 0.2) is 158 Å². The fraction of sp³-hybridized carbons (Fsp3) is 0.0698. The van der Waals surface area contributed by atoms with Crippen LogP contribution >= 0.6 is 0 Å². The van der Waals surface area contributed by atoms with Crippen molar-refractivity contribution in [2.45, 2.75) is 19.3 Å². The Kier molecular flexibility index (Phi) is 6.26. The van der Waals surface area contributed by atoms with Gasteiger partial charge in [-0.2, -0.15) is 0 Å². The van der Waals surface area contributed by atoms with Crippen molar-refractivity contribution in [3.8, 4) is 33.9 Å². The lowest BCUT2D eigenvalue weighted by Gasteiger charge is -2.47. The van der Waals surface area contributed by atoms with Crippen molar-refractivity contribution < 1.29 is 0 Å². The molecule has 0 amide bonds. The van der Waals surface area contributed by atoms with Gasteiger partial charge in [0.2, 0.25) is 6.71 Å². The Morgan fingerprint density at radius 1 is 0.489 bits per heavy atom. The van der Waals surface area contributed by atoms with E-state index in [4.69, 9.17) is 9.97 Å². The Labute approximate surface area is 276 Å². The lowest BCUT2D eigenvalue weighted by molar-refractivity contribution is 0.632. The summed E-state index contributed by atoms with van der Waals surface area (Å²) in [5, 5.41) is 0. The van der Waals surface area contributed by atoms with Crippen LogP contribution < -0.4 is 21.3 Å². The standard InChI is InChI=1S/C43H32BN3/c1-43(2)33-21-12-13-24-39(33)47-40-27-31(25-26-35(40)44(32-19-10-5-11-20-32)36-23-14-22-34(43)41(36)47)42-45-37(29-15-6-3-7-16-29)28-38(46-42)30-17-8-4-9-18-30/h3-28H,1-2H3. The number of para-hydroxylation sites is 2. The Bertz CT molecular complexity index is 2220. The second-order valence-electron chi connectivity index (χ2n) is 13.0. The summed E-state index contributed by atoms with van der Waals surface area (Å²) >= 11 is 0. The zero-order valence-corrected chi connectivity index (χ0v) is 26.4. The first-order valence-electron chi connectivity index (χ1n) is 16.3. The van der Waals surface area contributed by atoms with Gasteiger partial charge in [-0.05, 0) is 40.3 Å². The molecule has 0 spiro atoms. The average Bonchev–Trinajstić information content (AvgIpc) is 3.14. The quantitative estimate of drug-likeness (QED) is 0.190. The van der Waals surface area contributed by atoms with Crippen LogP contribution in [0.3, 0.4) is 0 Å². The van der Waals surface area contributed by atoms with Gasteiger partial charge in [-0.15, -0.1) is 0 Å². The molecule has 1 aromatic heterocycles. The largest absolute Gasteiger partial charge is 0.311 e. The van der Waals surface area contributed by atoms with Crippen molar-refractivity contribution in [1.82, 2.24) is 9.97 Å². The number of benzene rings is 6. The van der Waals surface area contributed by atoms with E-state index in [2.05, 4.69) is 164 Å². The molecule has 0 bridgehead atoms. The Hall–Kier alpha value is -5.74. The van der Waals surface area contributed by atoms with E-state index >= 15 is 0 Å². The van der Waals surface area contributed by atoms with Crippen molar-refractivity contribution in [2.75, 3.05) is 4.90 Å². The molecular weight excluding hydrogens is 569 g/mol. The van der Waals surface area contributed by atoms with Crippen LogP contribution in [0.4, 0.5) is 17.1 Å². The van der Waals surface area contributed by atoms with Gasteiger partial charge in [0.1, 0.15) is 0 Å². The maximum absolute atomic E-state index is 5.19. The van der Waals surface area contributed by atoms with E-state index in [1.54, 1.807) is 0 Å². The van der Waals surface area contributed by atoms with Gasteiger partial charge in [0.05, 0.1) is 17.1 Å². The van der Waals surface area contributed by atoms with Crippen LogP contribution in [-0.2, 0) is 5.41 Å². The molecule has 0 atom stereocenters. The van der Waals surface area contributed by atoms with Crippen LogP contribution in [0.1, 0.15) is 25.0 Å². The summed E-state index contributed by atoms with van der Waals surface area (Å²) in [7, 11) is 0. The molecule has 222 valence electrons. The normalized spacial score (nSPS) is 13.8. The third-order valence-electron chi connectivity index (χ3n) is 9.93. The van der Waals surface area contributed by atoms with Crippen LogP contribution in [0.2, 0.25) is 0 Å². The first-order valence-corrected chi connectivity index (χ1v) is 16.3. The maximum atomic E-state index is 5.19. The number of nitrogens with zero attached hydrogens (tertiary/aromatic N) is 3. The predicted molar refractivity (Wildman–Crippen MR) is 196 cm³/mol. The lowest BCUT2D eigenvalue weighted by atomic mass is 9.34. The molecule has 9 rings (SSSR count). The van der Waals surface area contributed by atoms with Gasteiger partial charge in [-0.1, -0.05) is 159 Å². The molecule has 6 aromatic carbocycles. The van der Waals surface area contributed by atoms with E-state index in [0.29, 0.717) is 5.82 Å². The molecule has 0 radical (unpaired) electrons. The highest BCUT2D eigenvalue weighted by Gasteiger charge is 2.44. The van der Waals surface area contributed by atoms with Crippen LogP contribution in [0.25, 0.3) is 33.9 Å². The molecular formula is C43H32BN3. The van der Waals surface area contributed by atoms with Gasteiger partial charge in [0.25, 0.3) is 0 Å².